The number of fused-ring (bicyclic) bond motifs is 1. The summed E-state index contributed by atoms with van der Waals surface area (Å²) in [5, 5.41) is 6.55. The third-order valence-electron chi connectivity index (χ3n) is 4.43. The molecule has 7 nitrogen and oxygen atoms in total. The fourth-order valence-electron chi connectivity index (χ4n) is 3.28. The van der Waals surface area contributed by atoms with Gasteiger partial charge in [0, 0.05) is 18.5 Å². The van der Waals surface area contributed by atoms with E-state index in [1.54, 1.807) is 13.0 Å². The molecule has 4 rings (SSSR count). The smallest absolute Gasteiger partial charge is 0.239 e. The lowest BCUT2D eigenvalue weighted by Gasteiger charge is -2.30. The van der Waals surface area contributed by atoms with Gasteiger partial charge in [-0.15, -0.1) is 0 Å². The quantitative estimate of drug-likeness (QED) is 0.786. The van der Waals surface area contributed by atoms with Gasteiger partial charge >= 0.3 is 0 Å². The van der Waals surface area contributed by atoms with Gasteiger partial charge < -0.3 is 14.3 Å². The molecule has 130 valence electrons. The van der Waals surface area contributed by atoms with E-state index < -0.39 is 0 Å². The van der Waals surface area contributed by atoms with Crippen molar-refractivity contribution in [2.24, 2.45) is 0 Å². The maximum atomic E-state index is 12.2. The normalized spacial score (nSPS) is 18.5. The first-order valence-corrected chi connectivity index (χ1v) is 8.48. The van der Waals surface area contributed by atoms with E-state index in [1.165, 1.54) is 0 Å². The van der Waals surface area contributed by atoms with E-state index in [2.05, 4.69) is 20.4 Å². The van der Waals surface area contributed by atoms with Gasteiger partial charge in [0.15, 0.2) is 17.3 Å². The molecule has 1 aliphatic heterocycles. The maximum absolute atomic E-state index is 12.2. The number of amides is 1. The SMILES string of the molecule is Cc1cc(NC(=O)CN2CCC[C@H](c3nc4ccccc4o3)C2)no1. The molecule has 1 fully saturated rings. The fraction of sp³-hybridized carbons (Fsp3) is 0.389. The lowest BCUT2D eigenvalue weighted by Crippen LogP contribution is -2.39. The number of benzene rings is 1. The molecule has 3 heterocycles. The number of carbonyl (C=O) groups excluding carboxylic acids is 1. The highest BCUT2D eigenvalue weighted by atomic mass is 16.5. The number of carbonyl (C=O) groups is 1. The second kappa shape index (κ2) is 6.68. The molecular formula is C18H20N4O3. The molecule has 0 bridgehead atoms. The van der Waals surface area contributed by atoms with Gasteiger partial charge in [-0.3, -0.25) is 9.69 Å². The summed E-state index contributed by atoms with van der Waals surface area (Å²) in [5.74, 6) is 2.01. The summed E-state index contributed by atoms with van der Waals surface area (Å²) in [7, 11) is 0. The Kier molecular flexibility index (Phi) is 4.23. The Morgan fingerprint density at radius 1 is 1.40 bits per heavy atom. The summed E-state index contributed by atoms with van der Waals surface area (Å²) in [6.07, 6.45) is 2.03. The Morgan fingerprint density at radius 3 is 3.08 bits per heavy atom. The highest BCUT2D eigenvalue weighted by molar-refractivity contribution is 5.91. The number of hydrogen-bond donors (Lipinski definition) is 1. The van der Waals surface area contributed by atoms with Gasteiger partial charge in [0.25, 0.3) is 0 Å². The number of hydrogen-bond acceptors (Lipinski definition) is 6. The number of aromatic nitrogens is 2. The molecule has 0 aliphatic carbocycles. The van der Waals surface area contributed by atoms with Crippen molar-refractivity contribution in [2.45, 2.75) is 25.7 Å². The number of nitrogens with one attached hydrogen (secondary N) is 1. The molecule has 2 aromatic heterocycles. The van der Waals surface area contributed by atoms with Crippen LogP contribution in [0.25, 0.3) is 11.1 Å². The molecule has 7 heteroatoms. The Hall–Kier alpha value is -2.67. The first-order valence-electron chi connectivity index (χ1n) is 8.48. The molecule has 0 unspecified atom stereocenters. The number of aryl methyl sites for hydroxylation is 1. The number of oxazole rings is 1. The first-order chi connectivity index (χ1) is 12.2. The van der Waals surface area contributed by atoms with E-state index in [0.717, 1.165) is 42.9 Å². The van der Waals surface area contributed by atoms with E-state index in [0.29, 0.717) is 18.1 Å². The third-order valence-corrected chi connectivity index (χ3v) is 4.43. The summed E-state index contributed by atoms with van der Waals surface area (Å²) in [6, 6.07) is 9.49. The first kappa shape index (κ1) is 15.8. The van der Waals surface area contributed by atoms with Gasteiger partial charge in [-0.1, -0.05) is 17.3 Å². The average molecular weight is 340 g/mol. The fourth-order valence-corrected chi connectivity index (χ4v) is 3.28. The lowest BCUT2D eigenvalue weighted by molar-refractivity contribution is -0.117. The number of nitrogens with zero attached hydrogens (tertiary/aromatic N) is 3. The van der Waals surface area contributed by atoms with Crippen LogP contribution in [0.4, 0.5) is 5.82 Å². The minimum atomic E-state index is -0.0912. The minimum absolute atomic E-state index is 0.0912. The van der Waals surface area contributed by atoms with Gasteiger partial charge in [0.2, 0.25) is 5.91 Å². The summed E-state index contributed by atoms with van der Waals surface area (Å²) in [4.78, 5) is 18.9. The second-order valence-corrected chi connectivity index (χ2v) is 6.47. The molecule has 25 heavy (non-hydrogen) atoms. The van der Waals surface area contributed by atoms with Crippen LogP contribution >= 0.6 is 0 Å². The van der Waals surface area contributed by atoms with Crippen LogP contribution in [0.1, 0.15) is 30.4 Å². The van der Waals surface area contributed by atoms with E-state index >= 15 is 0 Å². The van der Waals surface area contributed by atoms with Gasteiger partial charge in [0.05, 0.1) is 6.54 Å². The number of para-hydroxylation sites is 2. The van der Waals surface area contributed by atoms with Crippen LogP contribution in [0, 0.1) is 6.92 Å². The van der Waals surface area contributed by atoms with Gasteiger partial charge in [-0.2, -0.15) is 0 Å². The lowest BCUT2D eigenvalue weighted by atomic mass is 9.98. The van der Waals surface area contributed by atoms with Crippen LogP contribution < -0.4 is 5.32 Å². The van der Waals surface area contributed by atoms with Gasteiger partial charge in [0.1, 0.15) is 11.3 Å². The van der Waals surface area contributed by atoms with Crippen molar-refractivity contribution in [2.75, 3.05) is 25.0 Å². The number of likely N-dealkylation sites (tertiary alicyclic amines) is 1. The van der Waals surface area contributed by atoms with Crippen LogP contribution in [-0.2, 0) is 4.79 Å². The second-order valence-electron chi connectivity index (χ2n) is 6.47. The molecule has 1 aromatic carbocycles. The molecule has 0 radical (unpaired) electrons. The molecule has 0 saturated carbocycles. The Labute approximate surface area is 145 Å². The van der Waals surface area contributed by atoms with E-state index in [1.807, 2.05) is 24.3 Å². The zero-order chi connectivity index (χ0) is 17.2. The van der Waals surface area contributed by atoms with Crippen LogP contribution in [0.2, 0.25) is 0 Å². The average Bonchev–Trinajstić information content (AvgIpc) is 3.21. The van der Waals surface area contributed by atoms with E-state index in [-0.39, 0.29) is 11.8 Å². The maximum Gasteiger partial charge on any atom is 0.239 e. The highest BCUT2D eigenvalue weighted by Crippen LogP contribution is 2.28. The molecule has 3 aromatic rings. The zero-order valence-electron chi connectivity index (χ0n) is 14.1. The van der Waals surface area contributed by atoms with E-state index in [9.17, 15) is 4.79 Å². The van der Waals surface area contributed by atoms with Gasteiger partial charge in [-0.05, 0) is 38.4 Å². The summed E-state index contributed by atoms with van der Waals surface area (Å²) >= 11 is 0. The molecule has 1 aliphatic rings. The Bertz CT molecular complexity index is 852. The number of piperidine rings is 1. The molecule has 1 saturated heterocycles. The standard InChI is InChI=1S/C18H20N4O3/c1-12-9-16(21-25-12)20-17(23)11-22-8-4-5-13(10-22)18-19-14-6-2-3-7-15(14)24-18/h2-3,6-7,9,13H,4-5,8,10-11H2,1H3,(H,20,21,23)/t13-/m0/s1. The van der Waals surface area contributed by atoms with Crippen molar-refractivity contribution >= 4 is 22.8 Å². The molecular weight excluding hydrogens is 320 g/mol. The van der Waals surface area contributed by atoms with Gasteiger partial charge in [-0.25, -0.2) is 4.98 Å². The topological polar surface area (TPSA) is 84.4 Å². The Morgan fingerprint density at radius 2 is 2.28 bits per heavy atom. The third kappa shape index (κ3) is 3.56. The van der Waals surface area contributed by atoms with Crippen molar-refractivity contribution < 1.29 is 13.7 Å². The monoisotopic (exact) mass is 340 g/mol. The summed E-state index contributed by atoms with van der Waals surface area (Å²) in [5.41, 5.74) is 1.70. The number of rotatable bonds is 4. The summed E-state index contributed by atoms with van der Waals surface area (Å²) < 4.78 is 10.9. The van der Waals surface area contributed by atoms with Crippen molar-refractivity contribution in [3.63, 3.8) is 0 Å². The molecule has 1 atom stereocenters. The van der Waals surface area contributed by atoms with E-state index in [4.69, 9.17) is 8.94 Å². The van der Waals surface area contributed by atoms with Crippen molar-refractivity contribution in [3.8, 4) is 0 Å². The molecule has 1 N–H and O–H groups in total. The largest absolute Gasteiger partial charge is 0.440 e. The Balaban J connectivity index is 1.39. The molecule has 0 spiro atoms. The zero-order valence-corrected chi connectivity index (χ0v) is 14.1. The van der Waals surface area contributed by atoms with Crippen LogP contribution in [0.5, 0.6) is 0 Å². The van der Waals surface area contributed by atoms with Crippen LogP contribution in [-0.4, -0.2) is 40.6 Å². The molecule has 1 amide bonds. The van der Waals surface area contributed by atoms with Crippen LogP contribution in [0.15, 0.2) is 39.3 Å². The highest BCUT2D eigenvalue weighted by Gasteiger charge is 2.26. The predicted molar refractivity (Wildman–Crippen MR) is 92.3 cm³/mol. The van der Waals surface area contributed by atoms with Crippen molar-refractivity contribution in [3.05, 3.63) is 42.0 Å². The predicted octanol–water partition coefficient (Wildman–Crippen LogP) is 2.94. The summed E-state index contributed by atoms with van der Waals surface area (Å²) in [6.45, 7) is 3.76. The minimum Gasteiger partial charge on any atom is -0.440 e. The van der Waals surface area contributed by atoms with Crippen LogP contribution in [0.3, 0.4) is 0 Å². The van der Waals surface area contributed by atoms with Crippen molar-refractivity contribution in [1.82, 2.24) is 15.0 Å². The van der Waals surface area contributed by atoms with Crippen molar-refractivity contribution in [1.29, 1.82) is 0 Å². The number of anilines is 1.